The van der Waals surface area contributed by atoms with Gasteiger partial charge in [-0.15, -0.1) is 11.8 Å². The van der Waals surface area contributed by atoms with Gasteiger partial charge in [-0.05, 0) is 55.3 Å². The summed E-state index contributed by atoms with van der Waals surface area (Å²) in [7, 11) is 0. The minimum atomic E-state index is -0.416. The second kappa shape index (κ2) is 8.88. The van der Waals surface area contributed by atoms with E-state index in [-0.39, 0.29) is 17.2 Å². The number of halogens is 1. The summed E-state index contributed by atoms with van der Waals surface area (Å²) in [6, 6.07) is 11.7. The minimum Gasteiger partial charge on any atom is -0.325 e. The summed E-state index contributed by atoms with van der Waals surface area (Å²) in [5.41, 5.74) is 3.91. The Labute approximate surface area is 188 Å². The lowest BCUT2D eigenvalue weighted by Gasteiger charge is -2.15. The molecule has 1 atom stereocenters. The van der Waals surface area contributed by atoms with Crippen LogP contribution in [0.4, 0.5) is 10.1 Å². The molecule has 1 aromatic heterocycles. The van der Waals surface area contributed by atoms with Crippen molar-refractivity contribution >= 4 is 35.1 Å². The molecule has 2 heterocycles. The average Bonchev–Trinajstić information content (AvgIpc) is 3.06. The standard InChI is InChI=1S/C23H22FN3O2S2/c1-13-7-14(2)9-18(8-13)27-22(29)21-19(10-15(3)31-21)26-23(27)30-12-20(28)25-17-6-4-5-16(24)11-17/h4-9,11,15H,10,12H2,1-3H3,(H,25,28). The Morgan fingerprint density at radius 3 is 2.71 bits per heavy atom. The van der Waals surface area contributed by atoms with E-state index in [0.29, 0.717) is 21.0 Å². The number of anilines is 1. The molecule has 0 bridgehead atoms. The zero-order chi connectivity index (χ0) is 22.1. The normalized spacial score (nSPS) is 15.0. The van der Waals surface area contributed by atoms with Crippen LogP contribution < -0.4 is 10.9 Å². The zero-order valence-corrected chi connectivity index (χ0v) is 19.1. The maximum absolute atomic E-state index is 13.4. The van der Waals surface area contributed by atoms with Crippen LogP contribution in [0.15, 0.2) is 57.3 Å². The van der Waals surface area contributed by atoms with Gasteiger partial charge in [0.25, 0.3) is 5.56 Å². The zero-order valence-electron chi connectivity index (χ0n) is 17.4. The van der Waals surface area contributed by atoms with Crippen LogP contribution in [0.25, 0.3) is 5.69 Å². The number of aryl methyl sites for hydroxylation is 2. The van der Waals surface area contributed by atoms with Crippen molar-refractivity contribution in [3.63, 3.8) is 0 Å². The van der Waals surface area contributed by atoms with Gasteiger partial charge in [-0.1, -0.05) is 30.8 Å². The SMILES string of the molecule is Cc1cc(C)cc(-n2c(SCC(=O)Nc3cccc(F)c3)nc3c(c2=O)SC(C)C3)c1. The molecule has 31 heavy (non-hydrogen) atoms. The van der Waals surface area contributed by atoms with Crippen LogP contribution in [0.3, 0.4) is 0 Å². The average molecular weight is 456 g/mol. The third-order valence-electron chi connectivity index (χ3n) is 4.79. The first-order valence-corrected chi connectivity index (χ1v) is 11.8. The summed E-state index contributed by atoms with van der Waals surface area (Å²) in [5.74, 6) is -0.657. The summed E-state index contributed by atoms with van der Waals surface area (Å²) < 4.78 is 15.0. The fourth-order valence-electron chi connectivity index (χ4n) is 3.60. The molecular weight excluding hydrogens is 433 g/mol. The summed E-state index contributed by atoms with van der Waals surface area (Å²) in [6.45, 7) is 6.04. The fraction of sp³-hybridized carbons (Fsp3) is 0.261. The number of nitrogens with zero attached hydrogens (tertiary/aromatic N) is 2. The van der Waals surface area contributed by atoms with Crippen LogP contribution in [-0.4, -0.2) is 26.5 Å². The van der Waals surface area contributed by atoms with Crippen LogP contribution in [0, 0.1) is 19.7 Å². The molecule has 0 fully saturated rings. The Hall–Kier alpha value is -2.58. The fourth-order valence-corrected chi connectivity index (χ4v) is 5.52. The molecule has 160 valence electrons. The van der Waals surface area contributed by atoms with E-state index in [1.165, 1.54) is 30.0 Å². The molecule has 4 rings (SSSR count). The number of amides is 1. The van der Waals surface area contributed by atoms with Crippen molar-refractivity contribution in [1.29, 1.82) is 0 Å². The molecule has 0 radical (unpaired) electrons. The molecule has 1 aliphatic rings. The topological polar surface area (TPSA) is 64.0 Å². The number of benzene rings is 2. The van der Waals surface area contributed by atoms with Crippen LogP contribution in [0.2, 0.25) is 0 Å². The second-order valence-electron chi connectivity index (χ2n) is 7.64. The number of aromatic nitrogens is 2. The molecule has 1 N–H and O–H groups in total. The number of carbonyl (C=O) groups excluding carboxylic acids is 1. The Morgan fingerprint density at radius 2 is 2.00 bits per heavy atom. The third kappa shape index (κ3) is 4.85. The quantitative estimate of drug-likeness (QED) is 0.444. The van der Waals surface area contributed by atoms with Crippen LogP contribution in [0.1, 0.15) is 23.7 Å². The Bertz CT molecular complexity index is 1210. The molecule has 2 aromatic carbocycles. The van der Waals surface area contributed by atoms with Gasteiger partial charge in [0.15, 0.2) is 5.16 Å². The van der Waals surface area contributed by atoms with Gasteiger partial charge in [-0.2, -0.15) is 0 Å². The Kier molecular flexibility index (Phi) is 6.20. The van der Waals surface area contributed by atoms with E-state index in [9.17, 15) is 14.0 Å². The van der Waals surface area contributed by atoms with Gasteiger partial charge in [0, 0.05) is 17.4 Å². The lowest BCUT2D eigenvalue weighted by molar-refractivity contribution is -0.113. The number of carbonyl (C=O) groups is 1. The van der Waals surface area contributed by atoms with E-state index in [2.05, 4.69) is 12.2 Å². The number of rotatable bonds is 5. The van der Waals surface area contributed by atoms with Gasteiger partial charge >= 0.3 is 0 Å². The van der Waals surface area contributed by atoms with Gasteiger partial charge in [0.1, 0.15) is 5.82 Å². The van der Waals surface area contributed by atoms with Gasteiger partial charge in [0.2, 0.25) is 5.91 Å². The Morgan fingerprint density at radius 1 is 1.26 bits per heavy atom. The maximum Gasteiger partial charge on any atom is 0.272 e. The van der Waals surface area contributed by atoms with Crippen LogP contribution >= 0.6 is 23.5 Å². The molecule has 1 amide bonds. The summed E-state index contributed by atoms with van der Waals surface area (Å²) in [4.78, 5) is 31.3. The van der Waals surface area contributed by atoms with Crippen LogP contribution in [0.5, 0.6) is 0 Å². The second-order valence-corrected chi connectivity index (χ2v) is 10.0. The van der Waals surface area contributed by atoms with E-state index in [4.69, 9.17) is 4.98 Å². The van der Waals surface area contributed by atoms with Crippen molar-refractivity contribution in [2.45, 2.75) is 42.5 Å². The predicted octanol–water partition coefficient (Wildman–Crippen LogP) is 4.76. The van der Waals surface area contributed by atoms with Crippen molar-refractivity contribution in [2.75, 3.05) is 11.1 Å². The van der Waals surface area contributed by atoms with Gasteiger partial charge in [-0.25, -0.2) is 9.37 Å². The van der Waals surface area contributed by atoms with Crippen molar-refractivity contribution < 1.29 is 9.18 Å². The molecule has 0 spiro atoms. The molecule has 5 nitrogen and oxygen atoms in total. The summed E-state index contributed by atoms with van der Waals surface area (Å²) in [5, 5.41) is 3.46. The maximum atomic E-state index is 13.4. The van der Waals surface area contributed by atoms with Crippen molar-refractivity contribution in [1.82, 2.24) is 9.55 Å². The van der Waals surface area contributed by atoms with E-state index < -0.39 is 5.82 Å². The van der Waals surface area contributed by atoms with E-state index in [1.807, 2.05) is 32.0 Å². The van der Waals surface area contributed by atoms with E-state index >= 15 is 0 Å². The third-order valence-corrected chi connectivity index (χ3v) is 6.94. The first-order valence-electron chi connectivity index (χ1n) is 9.89. The van der Waals surface area contributed by atoms with Gasteiger partial charge in [0.05, 0.1) is 22.0 Å². The number of hydrogen-bond donors (Lipinski definition) is 1. The number of fused-ring (bicyclic) bond motifs is 1. The van der Waals surface area contributed by atoms with E-state index in [0.717, 1.165) is 28.9 Å². The molecule has 3 aromatic rings. The van der Waals surface area contributed by atoms with Gasteiger partial charge < -0.3 is 5.32 Å². The van der Waals surface area contributed by atoms with Crippen molar-refractivity contribution in [3.8, 4) is 5.69 Å². The highest BCUT2D eigenvalue weighted by Gasteiger charge is 2.27. The highest BCUT2D eigenvalue weighted by Crippen LogP contribution is 2.35. The number of hydrogen-bond acceptors (Lipinski definition) is 5. The molecule has 1 unspecified atom stereocenters. The minimum absolute atomic E-state index is 0.0508. The molecule has 1 aliphatic heterocycles. The van der Waals surface area contributed by atoms with E-state index in [1.54, 1.807) is 22.4 Å². The first kappa shape index (κ1) is 21.6. The lowest BCUT2D eigenvalue weighted by atomic mass is 10.1. The summed E-state index contributed by atoms with van der Waals surface area (Å²) in [6.07, 6.45) is 0.728. The predicted molar refractivity (Wildman–Crippen MR) is 124 cm³/mol. The smallest absolute Gasteiger partial charge is 0.272 e. The monoisotopic (exact) mass is 455 g/mol. The molecular formula is C23H22FN3O2S2. The van der Waals surface area contributed by atoms with Crippen molar-refractivity contribution in [3.05, 3.63) is 75.5 Å². The van der Waals surface area contributed by atoms with Crippen LogP contribution in [-0.2, 0) is 11.2 Å². The molecule has 0 saturated heterocycles. The van der Waals surface area contributed by atoms with Crippen molar-refractivity contribution in [2.24, 2.45) is 0 Å². The highest BCUT2D eigenvalue weighted by molar-refractivity contribution is 8.00. The first-order chi connectivity index (χ1) is 14.8. The molecule has 0 aliphatic carbocycles. The number of nitrogens with one attached hydrogen (secondary N) is 1. The number of thioether (sulfide) groups is 2. The largest absolute Gasteiger partial charge is 0.325 e. The molecule has 8 heteroatoms. The lowest BCUT2D eigenvalue weighted by Crippen LogP contribution is -2.25. The highest BCUT2D eigenvalue weighted by atomic mass is 32.2. The van der Waals surface area contributed by atoms with Gasteiger partial charge in [-0.3, -0.25) is 14.2 Å². The summed E-state index contributed by atoms with van der Waals surface area (Å²) >= 11 is 2.75. The Balaban J connectivity index is 1.66. The molecule has 0 saturated carbocycles.